The van der Waals surface area contributed by atoms with Gasteiger partial charge in [0.2, 0.25) is 0 Å². The predicted molar refractivity (Wildman–Crippen MR) is 94.3 cm³/mol. The highest BCUT2D eigenvalue weighted by Crippen LogP contribution is 2.50. The molecule has 5 nitrogen and oxygen atoms in total. The lowest BCUT2D eigenvalue weighted by Crippen LogP contribution is -2.46. The molecule has 1 fully saturated rings. The standard InChI is InChI=1S/C20H18F3NO4/c1-2-28-18(27)13-10-24-15(8-16(13)25)12-7-14(20(21,22)23)17(26)6-11(12)9-19(24)4-3-5-19/h6-8,10,26H,2-5,9H2,1H3. The summed E-state index contributed by atoms with van der Waals surface area (Å²) in [6.45, 7) is 1.74. The summed E-state index contributed by atoms with van der Waals surface area (Å²) < 4.78 is 46.5. The molecular formula is C20H18F3NO4. The number of pyridine rings is 1. The maximum absolute atomic E-state index is 13.3. The van der Waals surface area contributed by atoms with Crippen LogP contribution in [0.15, 0.2) is 29.2 Å². The van der Waals surface area contributed by atoms with Gasteiger partial charge < -0.3 is 14.4 Å². The molecule has 1 spiro atoms. The number of carbonyl (C=O) groups is 1. The fourth-order valence-corrected chi connectivity index (χ4v) is 4.18. The van der Waals surface area contributed by atoms with E-state index in [9.17, 15) is 27.9 Å². The number of aromatic hydroxyl groups is 1. The van der Waals surface area contributed by atoms with Crippen LogP contribution in [-0.2, 0) is 22.9 Å². The molecule has 2 aromatic rings. The number of rotatable bonds is 2. The number of benzene rings is 1. The molecule has 4 rings (SSSR count). The fraction of sp³-hybridized carbons (Fsp3) is 0.400. The van der Waals surface area contributed by atoms with Crippen molar-refractivity contribution in [2.24, 2.45) is 0 Å². The Labute approximate surface area is 158 Å². The second kappa shape index (κ2) is 6.12. The molecule has 2 aliphatic rings. The summed E-state index contributed by atoms with van der Waals surface area (Å²) in [6, 6.07) is 3.22. The quantitative estimate of drug-likeness (QED) is 0.787. The van der Waals surface area contributed by atoms with Gasteiger partial charge in [-0.3, -0.25) is 4.79 Å². The first kappa shape index (κ1) is 18.6. The highest BCUT2D eigenvalue weighted by Gasteiger charge is 2.45. The maximum Gasteiger partial charge on any atom is 0.419 e. The Morgan fingerprint density at radius 3 is 2.57 bits per heavy atom. The number of fused-ring (bicyclic) bond motifs is 4. The van der Waals surface area contributed by atoms with E-state index >= 15 is 0 Å². The van der Waals surface area contributed by atoms with E-state index in [4.69, 9.17) is 4.74 Å². The third kappa shape index (κ3) is 2.70. The molecule has 1 aromatic heterocycles. The van der Waals surface area contributed by atoms with Crippen LogP contribution in [0.3, 0.4) is 0 Å². The van der Waals surface area contributed by atoms with E-state index in [0.29, 0.717) is 17.7 Å². The van der Waals surface area contributed by atoms with Gasteiger partial charge in [-0.2, -0.15) is 13.2 Å². The number of esters is 1. The average Bonchev–Trinajstić information content (AvgIpc) is 2.57. The fourth-order valence-electron chi connectivity index (χ4n) is 4.18. The summed E-state index contributed by atoms with van der Waals surface area (Å²) in [6.07, 6.45) is -0.411. The van der Waals surface area contributed by atoms with E-state index in [1.165, 1.54) is 12.3 Å². The highest BCUT2D eigenvalue weighted by molar-refractivity contribution is 5.89. The van der Waals surface area contributed by atoms with Crippen molar-refractivity contribution in [1.29, 1.82) is 0 Å². The second-order valence-corrected chi connectivity index (χ2v) is 7.31. The van der Waals surface area contributed by atoms with E-state index in [-0.39, 0.29) is 17.7 Å². The zero-order valence-electron chi connectivity index (χ0n) is 15.1. The molecule has 0 radical (unpaired) electrons. The Bertz CT molecular complexity index is 1030. The first-order valence-electron chi connectivity index (χ1n) is 9.04. The monoisotopic (exact) mass is 393 g/mol. The molecule has 0 saturated heterocycles. The van der Waals surface area contributed by atoms with Crippen LogP contribution in [0.1, 0.15) is 47.7 Å². The van der Waals surface area contributed by atoms with Gasteiger partial charge in [-0.05, 0) is 50.3 Å². The van der Waals surface area contributed by atoms with Crippen molar-refractivity contribution in [1.82, 2.24) is 4.57 Å². The number of hydrogen-bond donors (Lipinski definition) is 1. The van der Waals surface area contributed by atoms with Gasteiger partial charge in [-0.25, -0.2) is 4.79 Å². The lowest BCUT2D eigenvalue weighted by Gasteiger charge is -2.48. The molecule has 0 unspecified atom stereocenters. The Morgan fingerprint density at radius 1 is 1.29 bits per heavy atom. The SMILES string of the molecule is CCOC(=O)c1cn2c(cc1=O)-c1cc(C(F)(F)F)c(O)cc1CC21CCC1. The van der Waals surface area contributed by atoms with Crippen LogP contribution < -0.4 is 5.43 Å². The zero-order chi connectivity index (χ0) is 20.3. The van der Waals surface area contributed by atoms with Crippen molar-refractivity contribution in [3.8, 4) is 17.0 Å². The number of ether oxygens (including phenoxy) is 1. The first-order chi connectivity index (χ1) is 13.2. The van der Waals surface area contributed by atoms with Crippen molar-refractivity contribution < 1.29 is 27.8 Å². The molecular weight excluding hydrogens is 375 g/mol. The first-order valence-corrected chi connectivity index (χ1v) is 9.04. The molecule has 1 N–H and O–H groups in total. The van der Waals surface area contributed by atoms with Crippen molar-refractivity contribution in [2.45, 2.75) is 44.3 Å². The summed E-state index contributed by atoms with van der Waals surface area (Å²) in [4.78, 5) is 24.6. The lowest BCUT2D eigenvalue weighted by atomic mass is 9.69. The molecule has 148 valence electrons. The average molecular weight is 393 g/mol. The van der Waals surface area contributed by atoms with Gasteiger partial charge in [0.15, 0.2) is 5.43 Å². The van der Waals surface area contributed by atoms with E-state index < -0.39 is 34.4 Å². The topological polar surface area (TPSA) is 68.5 Å². The summed E-state index contributed by atoms with van der Waals surface area (Å²) in [5.41, 5.74) is -1.16. The number of phenolic OH excluding ortho intramolecular Hbond substituents is 1. The van der Waals surface area contributed by atoms with Crippen LogP contribution in [-0.4, -0.2) is 22.2 Å². The predicted octanol–water partition coefficient (Wildman–Crippen LogP) is 3.85. The van der Waals surface area contributed by atoms with Gasteiger partial charge in [0.05, 0.1) is 17.9 Å². The molecule has 1 aliphatic heterocycles. The van der Waals surface area contributed by atoms with Crippen molar-refractivity contribution in [3.05, 3.63) is 51.3 Å². The van der Waals surface area contributed by atoms with Gasteiger partial charge in [-0.1, -0.05) is 0 Å². The molecule has 8 heteroatoms. The Balaban J connectivity index is 1.96. The third-order valence-electron chi connectivity index (χ3n) is 5.66. The van der Waals surface area contributed by atoms with E-state index in [0.717, 1.165) is 31.4 Å². The van der Waals surface area contributed by atoms with Crippen molar-refractivity contribution in [2.75, 3.05) is 6.61 Å². The Morgan fingerprint density at radius 2 is 2.00 bits per heavy atom. The Hall–Kier alpha value is -2.77. The van der Waals surface area contributed by atoms with Gasteiger partial charge in [0.1, 0.15) is 11.3 Å². The zero-order valence-corrected chi connectivity index (χ0v) is 15.1. The van der Waals surface area contributed by atoms with Crippen molar-refractivity contribution in [3.63, 3.8) is 0 Å². The minimum atomic E-state index is -4.72. The molecule has 0 bridgehead atoms. The highest BCUT2D eigenvalue weighted by atomic mass is 19.4. The van der Waals surface area contributed by atoms with Gasteiger partial charge in [0.25, 0.3) is 0 Å². The van der Waals surface area contributed by atoms with Crippen molar-refractivity contribution >= 4 is 5.97 Å². The number of alkyl halides is 3. The molecule has 28 heavy (non-hydrogen) atoms. The van der Waals surface area contributed by atoms with Crippen LogP contribution in [0.5, 0.6) is 5.75 Å². The van der Waals surface area contributed by atoms with Crippen LogP contribution in [0.2, 0.25) is 0 Å². The van der Waals surface area contributed by atoms with Gasteiger partial charge >= 0.3 is 12.1 Å². The molecule has 0 amide bonds. The summed E-state index contributed by atoms with van der Waals surface area (Å²) >= 11 is 0. The number of carbonyl (C=O) groups excluding carboxylic acids is 1. The van der Waals surface area contributed by atoms with E-state index in [2.05, 4.69) is 0 Å². The van der Waals surface area contributed by atoms with Gasteiger partial charge in [0, 0.05) is 23.4 Å². The molecule has 1 saturated carbocycles. The van der Waals surface area contributed by atoms with Crippen LogP contribution >= 0.6 is 0 Å². The van der Waals surface area contributed by atoms with Crippen LogP contribution in [0, 0.1) is 0 Å². The van der Waals surface area contributed by atoms with Crippen LogP contribution in [0.4, 0.5) is 13.2 Å². The second-order valence-electron chi connectivity index (χ2n) is 7.31. The van der Waals surface area contributed by atoms with E-state index in [1.54, 1.807) is 11.5 Å². The smallest absolute Gasteiger partial charge is 0.419 e. The number of nitrogens with zero attached hydrogens (tertiary/aromatic N) is 1. The Kier molecular flexibility index (Phi) is 4.06. The minimum Gasteiger partial charge on any atom is -0.507 e. The third-order valence-corrected chi connectivity index (χ3v) is 5.66. The maximum atomic E-state index is 13.3. The minimum absolute atomic E-state index is 0.113. The van der Waals surface area contributed by atoms with Gasteiger partial charge in [-0.15, -0.1) is 0 Å². The lowest BCUT2D eigenvalue weighted by molar-refractivity contribution is -0.138. The van der Waals surface area contributed by atoms with E-state index in [1.807, 2.05) is 0 Å². The van der Waals surface area contributed by atoms with Crippen LogP contribution in [0.25, 0.3) is 11.3 Å². The largest absolute Gasteiger partial charge is 0.507 e. The number of phenols is 1. The summed E-state index contributed by atoms with van der Waals surface area (Å²) in [5, 5.41) is 9.89. The summed E-state index contributed by atoms with van der Waals surface area (Å²) in [7, 11) is 0. The number of aromatic nitrogens is 1. The summed E-state index contributed by atoms with van der Waals surface area (Å²) in [5.74, 6) is -1.57. The number of halogens is 3. The molecule has 1 aliphatic carbocycles. The molecule has 1 aromatic carbocycles. The number of hydrogen-bond acceptors (Lipinski definition) is 4. The molecule has 2 heterocycles. The molecule has 0 atom stereocenters. The normalized spacial score (nSPS) is 16.9.